The van der Waals surface area contributed by atoms with Crippen molar-refractivity contribution in [3.8, 4) is 11.1 Å². The highest BCUT2D eigenvalue weighted by Crippen LogP contribution is 2.44. The molecule has 172 valence electrons. The van der Waals surface area contributed by atoms with Crippen molar-refractivity contribution in [1.29, 1.82) is 0 Å². The van der Waals surface area contributed by atoms with Crippen LogP contribution in [-0.2, 0) is 14.3 Å². The van der Waals surface area contributed by atoms with Gasteiger partial charge in [-0.15, -0.1) is 0 Å². The van der Waals surface area contributed by atoms with Crippen LogP contribution in [0.2, 0.25) is 0 Å². The first kappa shape index (κ1) is 21.5. The lowest BCUT2D eigenvalue weighted by atomic mass is 9.79. The maximum atomic E-state index is 12.7. The summed E-state index contributed by atoms with van der Waals surface area (Å²) < 4.78 is 5.59. The maximum absolute atomic E-state index is 12.7. The molecule has 2 fully saturated rings. The Morgan fingerprint density at radius 2 is 1.61 bits per heavy atom. The van der Waals surface area contributed by atoms with Gasteiger partial charge in [-0.3, -0.25) is 9.59 Å². The van der Waals surface area contributed by atoms with Gasteiger partial charge in [-0.1, -0.05) is 48.5 Å². The van der Waals surface area contributed by atoms with E-state index in [0.717, 1.165) is 6.42 Å². The van der Waals surface area contributed by atoms with Crippen molar-refractivity contribution >= 4 is 18.0 Å². The van der Waals surface area contributed by atoms with E-state index >= 15 is 0 Å². The Balaban J connectivity index is 1.11. The lowest BCUT2D eigenvalue weighted by Gasteiger charge is -2.39. The predicted molar refractivity (Wildman–Crippen MR) is 122 cm³/mol. The first-order valence-corrected chi connectivity index (χ1v) is 11.6. The molecule has 0 aromatic heterocycles. The number of aliphatic carboxylic acids is 1. The lowest BCUT2D eigenvalue weighted by Crippen LogP contribution is -2.52. The summed E-state index contributed by atoms with van der Waals surface area (Å²) in [6.07, 6.45) is 2.01. The molecule has 7 heteroatoms. The Morgan fingerprint density at radius 1 is 0.970 bits per heavy atom. The molecule has 2 amide bonds. The summed E-state index contributed by atoms with van der Waals surface area (Å²) in [6.45, 7) is 1.16. The molecule has 0 unspecified atom stereocenters. The number of carbonyl (C=O) groups is 3. The van der Waals surface area contributed by atoms with Gasteiger partial charge in [0.2, 0.25) is 5.91 Å². The molecule has 1 aliphatic heterocycles. The molecule has 2 aromatic rings. The van der Waals surface area contributed by atoms with E-state index in [9.17, 15) is 19.5 Å². The van der Waals surface area contributed by atoms with Gasteiger partial charge >= 0.3 is 12.1 Å². The Hall–Kier alpha value is -3.35. The van der Waals surface area contributed by atoms with Gasteiger partial charge in [-0.2, -0.15) is 0 Å². The van der Waals surface area contributed by atoms with E-state index in [4.69, 9.17) is 4.74 Å². The number of rotatable bonds is 5. The Labute approximate surface area is 192 Å². The van der Waals surface area contributed by atoms with E-state index in [1.807, 2.05) is 24.3 Å². The topological polar surface area (TPSA) is 95.9 Å². The second-order valence-corrected chi connectivity index (χ2v) is 9.30. The van der Waals surface area contributed by atoms with Gasteiger partial charge in [-0.05, 0) is 47.9 Å². The molecule has 7 nitrogen and oxygen atoms in total. The Morgan fingerprint density at radius 3 is 2.24 bits per heavy atom. The first-order valence-electron chi connectivity index (χ1n) is 11.6. The van der Waals surface area contributed by atoms with Crippen molar-refractivity contribution in [2.45, 2.75) is 37.6 Å². The molecule has 1 heterocycles. The van der Waals surface area contributed by atoms with Gasteiger partial charge in [0.05, 0.1) is 5.92 Å². The molecular weight excluding hydrogens is 420 g/mol. The number of nitrogens with one attached hydrogen (secondary N) is 1. The molecule has 0 spiro atoms. The van der Waals surface area contributed by atoms with Crippen LogP contribution in [0.15, 0.2) is 48.5 Å². The molecule has 1 atom stereocenters. The number of hydrogen-bond donors (Lipinski definition) is 2. The number of hydrogen-bond acceptors (Lipinski definition) is 4. The molecule has 0 radical (unpaired) electrons. The molecular formula is C26H28N2O5. The normalized spacial score (nSPS) is 23.8. The molecule has 5 rings (SSSR count). The van der Waals surface area contributed by atoms with Gasteiger partial charge in [0, 0.05) is 31.0 Å². The number of carboxylic acid groups (broad SMARTS) is 1. The van der Waals surface area contributed by atoms with E-state index in [1.54, 1.807) is 4.90 Å². The summed E-state index contributed by atoms with van der Waals surface area (Å²) in [5.74, 6) is -1.45. The monoisotopic (exact) mass is 448 g/mol. The zero-order chi connectivity index (χ0) is 22.9. The number of benzene rings is 2. The maximum Gasteiger partial charge on any atom is 0.407 e. The van der Waals surface area contributed by atoms with Gasteiger partial charge in [0.15, 0.2) is 0 Å². The fourth-order valence-electron chi connectivity index (χ4n) is 5.38. The van der Waals surface area contributed by atoms with Crippen molar-refractivity contribution < 1.29 is 24.2 Å². The average Bonchev–Trinajstić information content (AvgIpc) is 3.13. The number of likely N-dealkylation sites (tertiary alicyclic amines) is 1. The number of amides is 2. The number of nitrogens with zero attached hydrogens (tertiary/aromatic N) is 1. The summed E-state index contributed by atoms with van der Waals surface area (Å²) in [5.41, 5.74) is 4.71. The SMILES string of the molecule is O=C(NC1CC(C(=O)N2CCC[C@@H](C(=O)O)C2)C1)OCC1c2ccccc2-c2ccccc21. The van der Waals surface area contributed by atoms with Crippen molar-refractivity contribution in [2.24, 2.45) is 11.8 Å². The largest absolute Gasteiger partial charge is 0.481 e. The molecule has 0 bridgehead atoms. The quantitative estimate of drug-likeness (QED) is 0.728. The minimum Gasteiger partial charge on any atom is -0.481 e. The smallest absolute Gasteiger partial charge is 0.407 e. The zero-order valence-corrected chi connectivity index (χ0v) is 18.4. The van der Waals surface area contributed by atoms with Crippen LogP contribution in [0.25, 0.3) is 11.1 Å². The summed E-state index contributed by atoms with van der Waals surface area (Å²) in [7, 11) is 0. The van der Waals surface area contributed by atoms with Gasteiger partial charge < -0.3 is 20.1 Å². The van der Waals surface area contributed by atoms with Crippen LogP contribution >= 0.6 is 0 Å². The second-order valence-electron chi connectivity index (χ2n) is 9.30. The highest BCUT2D eigenvalue weighted by Gasteiger charge is 2.40. The second kappa shape index (κ2) is 8.89. The third kappa shape index (κ3) is 4.19. The summed E-state index contributed by atoms with van der Waals surface area (Å²) in [6, 6.07) is 16.3. The highest BCUT2D eigenvalue weighted by atomic mass is 16.5. The van der Waals surface area contributed by atoms with E-state index in [0.29, 0.717) is 25.8 Å². The van der Waals surface area contributed by atoms with E-state index in [1.165, 1.54) is 22.3 Å². The minimum absolute atomic E-state index is 0.00605. The average molecular weight is 449 g/mol. The molecule has 33 heavy (non-hydrogen) atoms. The third-order valence-corrected chi connectivity index (χ3v) is 7.24. The lowest BCUT2D eigenvalue weighted by molar-refractivity contribution is -0.148. The summed E-state index contributed by atoms with van der Waals surface area (Å²) in [5, 5.41) is 12.1. The number of carbonyl (C=O) groups excluding carboxylic acids is 2. The first-order chi connectivity index (χ1) is 16.0. The Kier molecular flexibility index (Phi) is 5.79. The number of fused-ring (bicyclic) bond motifs is 3. The minimum atomic E-state index is -0.837. The van der Waals surface area contributed by atoms with Crippen molar-refractivity contribution in [3.05, 3.63) is 59.7 Å². The fraction of sp³-hybridized carbons (Fsp3) is 0.423. The molecule has 1 saturated heterocycles. The van der Waals surface area contributed by atoms with Gasteiger partial charge in [0.1, 0.15) is 6.61 Å². The summed E-state index contributed by atoms with van der Waals surface area (Å²) in [4.78, 5) is 38.1. The van der Waals surface area contributed by atoms with Crippen LogP contribution in [0, 0.1) is 11.8 Å². The van der Waals surface area contributed by atoms with Crippen molar-refractivity contribution in [2.75, 3.05) is 19.7 Å². The van der Waals surface area contributed by atoms with Crippen LogP contribution in [0.3, 0.4) is 0 Å². The van der Waals surface area contributed by atoms with E-state index in [-0.39, 0.29) is 36.9 Å². The number of ether oxygens (including phenoxy) is 1. The standard InChI is InChI=1S/C26H28N2O5/c29-24(28-11-5-6-16(14-28)25(30)31)17-12-18(13-17)27-26(32)33-15-23-21-9-3-1-7-19(21)20-8-2-4-10-22(20)23/h1-4,7-10,16-18,23H,5-6,11-15H2,(H,27,32)(H,30,31)/t16-,17?,18?/m1/s1. The number of piperidine rings is 1. The molecule has 2 N–H and O–H groups in total. The molecule has 3 aliphatic rings. The predicted octanol–water partition coefficient (Wildman–Crippen LogP) is 3.63. The van der Waals surface area contributed by atoms with E-state index in [2.05, 4.69) is 29.6 Å². The molecule has 2 aliphatic carbocycles. The van der Waals surface area contributed by atoms with Crippen LogP contribution in [0.1, 0.15) is 42.7 Å². The van der Waals surface area contributed by atoms with Crippen LogP contribution < -0.4 is 5.32 Å². The fourth-order valence-corrected chi connectivity index (χ4v) is 5.38. The highest BCUT2D eigenvalue weighted by molar-refractivity contribution is 5.82. The van der Waals surface area contributed by atoms with Crippen molar-refractivity contribution in [1.82, 2.24) is 10.2 Å². The van der Waals surface area contributed by atoms with Crippen molar-refractivity contribution in [3.63, 3.8) is 0 Å². The van der Waals surface area contributed by atoms with E-state index < -0.39 is 18.0 Å². The number of alkyl carbamates (subject to hydrolysis) is 1. The molecule has 2 aromatic carbocycles. The third-order valence-electron chi connectivity index (χ3n) is 7.24. The van der Waals surface area contributed by atoms with Crippen LogP contribution in [0.5, 0.6) is 0 Å². The van der Waals surface area contributed by atoms with Gasteiger partial charge in [0.25, 0.3) is 0 Å². The number of carboxylic acids is 1. The van der Waals surface area contributed by atoms with Gasteiger partial charge in [-0.25, -0.2) is 4.79 Å². The summed E-state index contributed by atoms with van der Waals surface area (Å²) >= 11 is 0. The van der Waals surface area contributed by atoms with Crippen LogP contribution in [0.4, 0.5) is 4.79 Å². The Bertz CT molecular complexity index is 1030. The molecule has 1 saturated carbocycles. The van der Waals surface area contributed by atoms with Crippen LogP contribution in [-0.4, -0.2) is 53.7 Å². The zero-order valence-electron chi connectivity index (χ0n) is 18.4.